The molecule has 80 valence electrons. The summed E-state index contributed by atoms with van der Waals surface area (Å²) in [6, 6.07) is 0.366. The van der Waals surface area contributed by atoms with Crippen LogP contribution in [0.3, 0.4) is 0 Å². The summed E-state index contributed by atoms with van der Waals surface area (Å²) in [7, 11) is 0. The summed E-state index contributed by atoms with van der Waals surface area (Å²) in [5.41, 5.74) is 2.72. The zero-order valence-electron chi connectivity index (χ0n) is 7.98. The number of rotatable bonds is 4. The fourth-order valence-corrected chi connectivity index (χ4v) is 1.60. The summed E-state index contributed by atoms with van der Waals surface area (Å²) in [4.78, 5) is 4.11. The highest BCUT2D eigenvalue weighted by Gasteiger charge is 2.10. The number of hydrogen-bond acceptors (Lipinski definition) is 6. The molecule has 1 N–H and O–H groups in total. The number of nitrogens with one attached hydrogen (secondary N) is 1. The Kier molecular flexibility index (Phi) is 3.17. The molecule has 0 radical (unpaired) electrons. The molecule has 2 aromatic heterocycles. The van der Waals surface area contributed by atoms with Gasteiger partial charge in [0.05, 0.1) is 17.7 Å². The van der Waals surface area contributed by atoms with Crippen LogP contribution in [0.4, 0.5) is 6.01 Å². The summed E-state index contributed by atoms with van der Waals surface area (Å²) in [5, 5.41) is 12.2. The molecule has 0 fully saturated rings. The third-order valence-corrected chi connectivity index (χ3v) is 2.51. The van der Waals surface area contributed by atoms with Crippen molar-refractivity contribution in [2.75, 3.05) is 5.32 Å². The lowest BCUT2D eigenvalue weighted by molar-refractivity contribution is 0.505. The lowest BCUT2D eigenvalue weighted by Gasteiger charge is -1.96. The fraction of sp³-hybridized carbons (Fsp3) is 0.375. The van der Waals surface area contributed by atoms with E-state index in [-0.39, 0.29) is 5.38 Å². The predicted octanol–water partition coefficient (Wildman–Crippen LogP) is 2.44. The van der Waals surface area contributed by atoms with Crippen molar-refractivity contribution in [3.63, 3.8) is 0 Å². The van der Waals surface area contributed by atoms with Crippen molar-refractivity contribution in [2.45, 2.75) is 18.8 Å². The molecule has 0 amide bonds. The molecular weight excluding hydrogens is 236 g/mol. The standard InChI is InChI=1S/C8H9ClN4OS/c1-5(9)7-12-13-8(14-7)10-2-6-3-15-4-11-6/h3-5H,2H2,1H3,(H,10,13). The minimum absolute atomic E-state index is 0.271. The highest BCUT2D eigenvalue weighted by molar-refractivity contribution is 7.07. The average molecular weight is 245 g/mol. The van der Waals surface area contributed by atoms with E-state index in [0.29, 0.717) is 18.5 Å². The predicted molar refractivity (Wildman–Crippen MR) is 58.0 cm³/mol. The Balaban J connectivity index is 1.94. The molecule has 1 atom stereocenters. The van der Waals surface area contributed by atoms with Gasteiger partial charge >= 0.3 is 6.01 Å². The van der Waals surface area contributed by atoms with Crippen LogP contribution in [0, 0.1) is 0 Å². The van der Waals surface area contributed by atoms with Gasteiger partial charge in [0.2, 0.25) is 5.89 Å². The summed E-state index contributed by atoms with van der Waals surface area (Å²) >= 11 is 7.33. The van der Waals surface area contributed by atoms with Crippen LogP contribution in [0.1, 0.15) is 23.9 Å². The molecule has 5 nitrogen and oxygen atoms in total. The van der Waals surface area contributed by atoms with Crippen LogP contribution in [-0.2, 0) is 6.54 Å². The second-order valence-corrected chi connectivity index (χ2v) is 4.27. The maximum Gasteiger partial charge on any atom is 0.315 e. The van der Waals surface area contributed by atoms with E-state index in [4.69, 9.17) is 16.0 Å². The molecule has 0 bridgehead atoms. The number of anilines is 1. The van der Waals surface area contributed by atoms with Crippen molar-refractivity contribution >= 4 is 29.0 Å². The lowest BCUT2D eigenvalue weighted by Crippen LogP contribution is -1.99. The Morgan fingerprint density at radius 2 is 2.47 bits per heavy atom. The van der Waals surface area contributed by atoms with Gasteiger partial charge in [0.25, 0.3) is 0 Å². The first-order valence-corrected chi connectivity index (χ1v) is 5.72. The minimum atomic E-state index is -0.271. The number of alkyl halides is 1. The van der Waals surface area contributed by atoms with Crippen molar-refractivity contribution in [1.29, 1.82) is 0 Å². The van der Waals surface area contributed by atoms with E-state index >= 15 is 0 Å². The number of aromatic nitrogens is 3. The molecule has 0 aromatic carbocycles. The van der Waals surface area contributed by atoms with Gasteiger partial charge in [0.1, 0.15) is 5.38 Å². The van der Waals surface area contributed by atoms with Crippen LogP contribution in [0.25, 0.3) is 0 Å². The average Bonchev–Trinajstić information content (AvgIpc) is 2.86. The maximum absolute atomic E-state index is 5.78. The quantitative estimate of drug-likeness (QED) is 0.837. The molecule has 2 rings (SSSR count). The monoisotopic (exact) mass is 244 g/mol. The first-order valence-electron chi connectivity index (χ1n) is 4.34. The van der Waals surface area contributed by atoms with Crippen molar-refractivity contribution in [1.82, 2.24) is 15.2 Å². The molecule has 0 spiro atoms. The highest BCUT2D eigenvalue weighted by Crippen LogP contribution is 2.19. The van der Waals surface area contributed by atoms with Crippen LogP contribution in [-0.4, -0.2) is 15.2 Å². The summed E-state index contributed by atoms with van der Waals surface area (Å²) in [6.07, 6.45) is 0. The number of halogens is 1. The molecule has 1 unspecified atom stereocenters. The smallest absolute Gasteiger partial charge is 0.315 e. The molecule has 0 saturated carbocycles. The van der Waals surface area contributed by atoms with E-state index in [0.717, 1.165) is 5.69 Å². The molecule has 0 aliphatic heterocycles. The molecule has 7 heteroatoms. The van der Waals surface area contributed by atoms with E-state index in [1.165, 1.54) is 0 Å². The van der Waals surface area contributed by atoms with Crippen LogP contribution in [0.5, 0.6) is 0 Å². The van der Waals surface area contributed by atoms with Gasteiger partial charge in [-0.15, -0.1) is 28.0 Å². The van der Waals surface area contributed by atoms with E-state index in [1.54, 1.807) is 23.8 Å². The summed E-state index contributed by atoms with van der Waals surface area (Å²) in [6.45, 7) is 2.35. The van der Waals surface area contributed by atoms with E-state index in [2.05, 4.69) is 20.5 Å². The Labute approximate surface area is 95.5 Å². The van der Waals surface area contributed by atoms with Crippen LogP contribution in [0.2, 0.25) is 0 Å². The Morgan fingerprint density at radius 3 is 3.07 bits per heavy atom. The largest absolute Gasteiger partial charge is 0.406 e. The minimum Gasteiger partial charge on any atom is -0.406 e. The second kappa shape index (κ2) is 4.59. The third kappa shape index (κ3) is 2.66. The molecule has 0 saturated heterocycles. The van der Waals surface area contributed by atoms with Crippen LogP contribution < -0.4 is 5.32 Å². The SMILES string of the molecule is CC(Cl)c1nnc(NCc2cscn2)o1. The van der Waals surface area contributed by atoms with Crippen LogP contribution >= 0.6 is 22.9 Å². The molecule has 2 aromatic rings. The van der Waals surface area contributed by atoms with Gasteiger partial charge in [-0.2, -0.15) is 0 Å². The first kappa shape index (κ1) is 10.4. The van der Waals surface area contributed by atoms with E-state index in [9.17, 15) is 0 Å². The molecular formula is C8H9ClN4OS. The van der Waals surface area contributed by atoms with E-state index < -0.39 is 0 Å². The fourth-order valence-electron chi connectivity index (χ4n) is 0.958. The molecule has 0 aliphatic carbocycles. The van der Waals surface area contributed by atoms with Crippen LogP contribution in [0.15, 0.2) is 15.3 Å². The van der Waals surface area contributed by atoms with Gasteiger partial charge in [-0.25, -0.2) is 4.98 Å². The maximum atomic E-state index is 5.78. The zero-order chi connectivity index (χ0) is 10.7. The van der Waals surface area contributed by atoms with Crippen molar-refractivity contribution < 1.29 is 4.42 Å². The lowest BCUT2D eigenvalue weighted by atomic mass is 10.5. The van der Waals surface area contributed by atoms with Crippen molar-refractivity contribution in [3.8, 4) is 0 Å². The third-order valence-electron chi connectivity index (χ3n) is 1.69. The van der Waals surface area contributed by atoms with Crippen molar-refractivity contribution in [2.24, 2.45) is 0 Å². The summed E-state index contributed by atoms with van der Waals surface area (Å²) in [5.74, 6) is 0.414. The molecule has 0 aliphatic rings. The van der Waals surface area contributed by atoms with Gasteiger partial charge in [0, 0.05) is 5.38 Å². The molecule has 2 heterocycles. The zero-order valence-corrected chi connectivity index (χ0v) is 9.55. The Morgan fingerprint density at radius 1 is 1.60 bits per heavy atom. The number of nitrogens with zero attached hydrogens (tertiary/aromatic N) is 3. The number of thiazole rings is 1. The summed E-state index contributed by atoms with van der Waals surface area (Å²) < 4.78 is 5.25. The van der Waals surface area contributed by atoms with Gasteiger partial charge < -0.3 is 9.73 Å². The second-order valence-electron chi connectivity index (χ2n) is 2.89. The van der Waals surface area contributed by atoms with Gasteiger partial charge in [-0.3, -0.25) is 0 Å². The topological polar surface area (TPSA) is 63.8 Å². The van der Waals surface area contributed by atoms with Crippen molar-refractivity contribution in [3.05, 3.63) is 22.5 Å². The van der Waals surface area contributed by atoms with E-state index in [1.807, 2.05) is 5.38 Å². The number of hydrogen-bond donors (Lipinski definition) is 1. The Bertz CT molecular complexity index is 414. The molecule has 15 heavy (non-hydrogen) atoms. The van der Waals surface area contributed by atoms with Gasteiger partial charge in [-0.05, 0) is 6.92 Å². The normalized spacial score (nSPS) is 12.7. The Hall–Kier alpha value is -1.14. The first-order chi connectivity index (χ1) is 7.25. The van der Waals surface area contributed by atoms with Gasteiger partial charge in [-0.1, -0.05) is 5.10 Å². The highest BCUT2D eigenvalue weighted by atomic mass is 35.5. The van der Waals surface area contributed by atoms with Gasteiger partial charge in [0.15, 0.2) is 0 Å².